The van der Waals surface area contributed by atoms with Crippen LogP contribution in [0.25, 0.3) is 0 Å². The highest BCUT2D eigenvalue weighted by atomic mass is 32.2. The number of nitrogens with one attached hydrogen (secondary N) is 1. The van der Waals surface area contributed by atoms with Crippen molar-refractivity contribution in [3.05, 3.63) is 0 Å². The third kappa shape index (κ3) is 7.79. The van der Waals surface area contributed by atoms with Crippen LogP contribution in [0.4, 0.5) is 0 Å². The Morgan fingerprint density at radius 2 is 1.73 bits per heavy atom. The van der Waals surface area contributed by atoms with Gasteiger partial charge in [-0.3, -0.25) is 0 Å². The van der Waals surface area contributed by atoms with Crippen LogP contribution in [0.15, 0.2) is 0 Å². The molecule has 3 nitrogen and oxygen atoms in total. The molecular formula is C11H25NO2S. The van der Waals surface area contributed by atoms with Crippen molar-refractivity contribution in [2.24, 2.45) is 5.92 Å². The van der Waals surface area contributed by atoms with Gasteiger partial charge < -0.3 is 5.32 Å². The Hall–Kier alpha value is -0.0900. The Balaban J connectivity index is 3.47. The van der Waals surface area contributed by atoms with Crippen molar-refractivity contribution in [2.75, 3.05) is 24.6 Å². The minimum atomic E-state index is -2.77. The molecule has 92 valence electrons. The lowest BCUT2D eigenvalue weighted by Gasteiger charge is -2.12. The summed E-state index contributed by atoms with van der Waals surface area (Å²) in [5, 5.41) is 3.32. The molecule has 0 fully saturated rings. The smallest absolute Gasteiger partial charge is 0.150 e. The molecule has 4 heteroatoms. The van der Waals surface area contributed by atoms with Crippen LogP contribution in [0.5, 0.6) is 0 Å². The number of rotatable bonds is 9. The molecular weight excluding hydrogens is 210 g/mol. The van der Waals surface area contributed by atoms with Gasteiger partial charge in [-0.05, 0) is 25.4 Å². The van der Waals surface area contributed by atoms with E-state index < -0.39 is 9.84 Å². The molecule has 0 atom stereocenters. The second-order valence-corrected chi connectivity index (χ2v) is 6.45. The molecule has 0 aliphatic heterocycles. The number of hydrogen-bond acceptors (Lipinski definition) is 3. The Bertz CT molecular complexity index is 233. The van der Waals surface area contributed by atoms with Crippen molar-refractivity contribution in [3.8, 4) is 0 Å². The van der Waals surface area contributed by atoms with Gasteiger partial charge in [-0.1, -0.05) is 33.6 Å². The van der Waals surface area contributed by atoms with Crippen LogP contribution >= 0.6 is 0 Å². The molecule has 0 aliphatic carbocycles. The van der Waals surface area contributed by atoms with Gasteiger partial charge in [-0.15, -0.1) is 0 Å². The molecule has 0 unspecified atom stereocenters. The highest BCUT2D eigenvalue weighted by Crippen LogP contribution is 2.04. The van der Waals surface area contributed by atoms with Crippen LogP contribution in [0.1, 0.15) is 40.0 Å². The predicted octanol–water partition coefficient (Wildman–Crippen LogP) is 1.84. The fraction of sp³-hybridized carbons (Fsp3) is 1.00. The molecule has 0 spiro atoms. The third-order valence-electron chi connectivity index (χ3n) is 2.84. The fourth-order valence-corrected chi connectivity index (χ4v) is 2.32. The first-order chi connectivity index (χ1) is 7.05. The molecule has 0 saturated carbocycles. The maximum absolute atomic E-state index is 11.2. The summed E-state index contributed by atoms with van der Waals surface area (Å²) in [5.41, 5.74) is 0. The molecule has 0 radical (unpaired) electrons. The van der Waals surface area contributed by atoms with Crippen LogP contribution in [-0.4, -0.2) is 33.0 Å². The Morgan fingerprint density at radius 3 is 2.20 bits per heavy atom. The van der Waals surface area contributed by atoms with E-state index in [1.807, 2.05) is 0 Å². The quantitative estimate of drug-likeness (QED) is 0.620. The van der Waals surface area contributed by atoms with Gasteiger partial charge >= 0.3 is 0 Å². The standard InChI is InChI=1S/C11H25NO2S/c1-4-11(5-2)10-12-8-7-9-15(13,14)6-3/h11-12H,4-10H2,1-3H3. The van der Waals surface area contributed by atoms with Crippen LogP contribution < -0.4 is 5.32 Å². The minimum absolute atomic E-state index is 0.263. The first-order valence-electron chi connectivity index (χ1n) is 5.96. The van der Waals surface area contributed by atoms with Gasteiger partial charge in [0.05, 0.1) is 5.75 Å². The van der Waals surface area contributed by atoms with E-state index in [4.69, 9.17) is 0 Å². The van der Waals surface area contributed by atoms with Crippen LogP contribution in [0.3, 0.4) is 0 Å². The molecule has 0 aromatic rings. The molecule has 0 aliphatic rings. The maximum Gasteiger partial charge on any atom is 0.150 e. The highest BCUT2D eigenvalue weighted by molar-refractivity contribution is 7.91. The largest absolute Gasteiger partial charge is 0.316 e. The summed E-state index contributed by atoms with van der Waals surface area (Å²) in [6, 6.07) is 0. The topological polar surface area (TPSA) is 46.2 Å². The van der Waals surface area contributed by atoms with Crippen LogP contribution in [0, 0.1) is 5.92 Å². The summed E-state index contributed by atoms with van der Waals surface area (Å²) in [4.78, 5) is 0. The average Bonchev–Trinajstić information content (AvgIpc) is 2.23. The molecule has 0 rings (SSSR count). The second-order valence-electron chi connectivity index (χ2n) is 3.98. The van der Waals surface area contributed by atoms with Gasteiger partial charge in [0.1, 0.15) is 9.84 Å². The lowest BCUT2D eigenvalue weighted by Crippen LogP contribution is -2.25. The zero-order chi connectivity index (χ0) is 11.7. The van der Waals surface area contributed by atoms with Gasteiger partial charge in [0, 0.05) is 5.75 Å². The summed E-state index contributed by atoms with van der Waals surface area (Å²) in [6.07, 6.45) is 3.11. The van der Waals surface area contributed by atoms with E-state index in [1.165, 1.54) is 12.8 Å². The molecule has 0 saturated heterocycles. The Kier molecular flexibility index (Phi) is 8.06. The van der Waals surface area contributed by atoms with E-state index in [2.05, 4.69) is 19.2 Å². The molecule has 15 heavy (non-hydrogen) atoms. The molecule has 0 aromatic carbocycles. The monoisotopic (exact) mass is 235 g/mol. The summed E-state index contributed by atoms with van der Waals surface area (Å²) >= 11 is 0. The van der Waals surface area contributed by atoms with Crippen molar-refractivity contribution in [3.63, 3.8) is 0 Å². The zero-order valence-corrected chi connectivity index (χ0v) is 11.1. The van der Waals surface area contributed by atoms with Crippen molar-refractivity contribution in [2.45, 2.75) is 40.0 Å². The average molecular weight is 235 g/mol. The van der Waals surface area contributed by atoms with E-state index in [0.29, 0.717) is 5.75 Å². The maximum atomic E-state index is 11.2. The zero-order valence-electron chi connectivity index (χ0n) is 10.3. The fourth-order valence-electron chi connectivity index (χ4n) is 1.44. The van der Waals surface area contributed by atoms with Crippen molar-refractivity contribution in [1.82, 2.24) is 5.32 Å². The highest BCUT2D eigenvalue weighted by Gasteiger charge is 2.06. The van der Waals surface area contributed by atoms with Gasteiger partial charge in [-0.25, -0.2) is 8.42 Å². The van der Waals surface area contributed by atoms with Gasteiger partial charge in [0.2, 0.25) is 0 Å². The SMILES string of the molecule is CCC(CC)CNCCCS(=O)(=O)CC. The van der Waals surface area contributed by atoms with E-state index in [-0.39, 0.29) is 5.75 Å². The first kappa shape index (κ1) is 14.9. The number of sulfone groups is 1. The molecule has 0 heterocycles. The van der Waals surface area contributed by atoms with E-state index in [0.717, 1.165) is 25.4 Å². The molecule has 1 N–H and O–H groups in total. The van der Waals surface area contributed by atoms with Crippen LogP contribution in [0.2, 0.25) is 0 Å². The van der Waals surface area contributed by atoms with Gasteiger partial charge in [-0.2, -0.15) is 0 Å². The summed E-state index contributed by atoms with van der Waals surface area (Å²) in [6.45, 7) is 7.91. The molecule has 0 aromatic heterocycles. The summed E-state index contributed by atoms with van der Waals surface area (Å²) in [5.74, 6) is 1.31. The van der Waals surface area contributed by atoms with E-state index >= 15 is 0 Å². The summed E-state index contributed by atoms with van der Waals surface area (Å²) < 4.78 is 22.4. The van der Waals surface area contributed by atoms with Gasteiger partial charge in [0.25, 0.3) is 0 Å². The van der Waals surface area contributed by atoms with Crippen molar-refractivity contribution >= 4 is 9.84 Å². The predicted molar refractivity (Wildman–Crippen MR) is 65.9 cm³/mol. The molecule has 0 bridgehead atoms. The Labute approximate surface area is 94.6 Å². The lowest BCUT2D eigenvalue weighted by molar-refractivity contribution is 0.450. The van der Waals surface area contributed by atoms with Crippen molar-refractivity contribution in [1.29, 1.82) is 0 Å². The van der Waals surface area contributed by atoms with Gasteiger partial charge in [0.15, 0.2) is 0 Å². The Morgan fingerprint density at radius 1 is 1.13 bits per heavy atom. The van der Waals surface area contributed by atoms with Crippen molar-refractivity contribution < 1.29 is 8.42 Å². The summed E-state index contributed by atoms with van der Waals surface area (Å²) in [7, 11) is -2.77. The van der Waals surface area contributed by atoms with Crippen LogP contribution in [-0.2, 0) is 9.84 Å². The molecule has 0 amide bonds. The first-order valence-corrected chi connectivity index (χ1v) is 7.79. The third-order valence-corrected chi connectivity index (χ3v) is 4.63. The van der Waals surface area contributed by atoms with E-state index in [9.17, 15) is 8.42 Å². The van der Waals surface area contributed by atoms with E-state index in [1.54, 1.807) is 6.92 Å². The normalized spacial score (nSPS) is 12.3. The second kappa shape index (κ2) is 8.11. The number of hydrogen-bond donors (Lipinski definition) is 1. The lowest BCUT2D eigenvalue weighted by atomic mass is 10.0. The minimum Gasteiger partial charge on any atom is -0.316 e.